The van der Waals surface area contributed by atoms with Crippen LogP contribution in [-0.2, 0) is 0 Å². The molecule has 0 fully saturated rings. The van der Waals surface area contributed by atoms with Gasteiger partial charge in [-0.15, -0.1) is 6.58 Å². The number of anilines is 1. The van der Waals surface area contributed by atoms with Gasteiger partial charge in [0.05, 0.1) is 5.69 Å². The van der Waals surface area contributed by atoms with E-state index in [1.165, 1.54) is 0 Å². The molecule has 0 aliphatic heterocycles. The van der Waals surface area contributed by atoms with Crippen LogP contribution in [0.4, 0.5) is 5.69 Å². The van der Waals surface area contributed by atoms with E-state index in [0.717, 1.165) is 17.3 Å². The van der Waals surface area contributed by atoms with E-state index in [4.69, 9.17) is 11.5 Å². The van der Waals surface area contributed by atoms with Gasteiger partial charge in [-0.3, -0.25) is 0 Å². The smallest absolute Gasteiger partial charge is 0.144 e. The second-order valence-electron chi connectivity index (χ2n) is 3.37. The van der Waals surface area contributed by atoms with Crippen LogP contribution in [0.5, 0.6) is 5.75 Å². The number of rotatable bonds is 4. The molecule has 1 aromatic rings. The van der Waals surface area contributed by atoms with E-state index in [9.17, 15) is 5.11 Å². The molecule has 0 amide bonds. The number of phenolic OH excluding ortho intramolecular Hbond substituents is 1. The third-order valence-corrected chi connectivity index (χ3v) is 2.94. The van der Waals surface area contributed by atoms with E-state index >= 15 is 0 Å². The average molecular weight is 271 g/mol. The van der Waals surface area contributed by atoms with E-state index in [1.54, 1.807) is 18.2 Å². The minimum Gasteiger partial charge on any atom is -0.505 e. The first-order valence-corrected chi connectivity index (χ1v) is 5.50. The van der Waals surface area contributed by atoms with Crippen LogP contribution in [0.3, 0.4) is 0 Å². The van der Waals surface area contributed by atoms with Crippen molar-refractivity contribution in [3.05, 3.63) is 34.8 Å². The minimum atomic E-state index is -0.235. The van der Waals surface area contributed by atoms with Crippen LogP contribution in [0.2, 0.25) is 0 Å². The number of nitrogen functional groups attached to an aromatic ring is 1. The summed E-state index contributed by atoms with van der Waals surface area (Å²) in [6.07, 6.45) is 3.35. The fourth-order valence-electron chi connectivity index (χ4n) is 1.39. The average Bonchev–Trinajstić information content (AvgIpc) is 2.21. The van der Waals surface area contributed by atoms with Crippen LogP contribution < -0.4 is 11.5 Å². The van der Waals surface area contributed by atoms with Crippen LogP contribution in [0.1, 0.15) is 24.4 Å². The number of hydrogen-bond acceptors (Lipinski definition) is 3. The zero-order valence-electron chi connectivity index (χ0n) is 8.41. The van der Waals surface area contributed by atoms with Crippen LogP contribution in [0.15, 0.2) is 29.3 Å². The topological polar surface area (TPSA) is 72.3 Å². The SMILES string of the molecule is C=CCC[C@@H](N)c1c(Br)ccc(N)c1O. The Morgan fingerprint density at radius 2 is 2.20 bits per heavy atom. The van der Waals surface area contributed by atoms with Crippen molar-refractivity contribution in [2.75, 3.05) is 5.73 Å². The molecule has 0 aromatic heterocycles. The summed E-state index contributed by atoms with van der Waals surface area (Å²) in [5.74, 6) is 0.0703. The normalized spacial score (nSPS) is 12.4. The molecule has 1 atom stereocenters. The first-order chi connectivity index (χ1) is 7.07. The Morgan fingerprint density at radius 3 is 2.80 bits per heavy atom. The van der Waals surface area contributed by atoms with Gasteiger partial charge >= 0.3 is 0 Å². The van der Waals surface area contributed by atoms with Crippen LogP contribution in [0.25, 0.3) is 0 Å². The lowest BCUT2D eigenvalue weighted by Gasteiger charge is -2.15. The maximum atomic E-state index is 9.79. The van der Waals surface area contributed by atoms with Crippen molar-refractivity contribution in [3.8, 4) is 5.75 Å². The first kappa shape index (κ1) is 12.1. The number of aromatic hydroxyl groups is 1. The molecular formula is C11H15BrN2O. The molecule has 3 nitrogen and oxygen atoms in total. The van der Waals surface area contributed by atoms with Gasteiger partial charge in [0.25, 0.3) is 0 Å². The van der Waals surface area contributed by atoms with Crippen molar-refractivity contribution in [2.24, 2.45) is 5.73 Å². The number of halogens is 1. The Kier molecular flexibility index (Phi) is 4.17. The second-order valence-corrected chi connectivity index (χ2v) is 4.23. The second kappa shape index (κ2) is 5.19. The quantitative estimate of drug-likeness (QED) is 0.448. The van der Waals surface area contributed by atoms with Crippen molar-refractivity contribution in [2.45, 2.75) is 18.9 Å². The highest BCUT2D eigenvalue weighted by molar-refractivity contribution is 9.10. The number of nitrogens with two attached hydrogens (primary N) is 2. The molecule has 0 bridgehead atoms. The van der Waals surface area contributed by atoms with Crippen molar-refractivity contribution >= 4 is 21.6 Å². The van der Waals surface area contributed by atoms with E-state index in [2.05, 4.69) is 22.5 Å². The summed E-state index contributed by atoms with van der Waals surface area (Å²) in [5, 5.41) is 9.79. The predicted molar refractivity (Wildman–Crippen MR) is 66.6 cm³/mol. The van der Waals surface area contributed by atoms with E-state index in [-0.39, 0.29) is 11.8 Å². The number of benzene rings is 1. The molecule has 0 saturated carbocycles. The van der Waals surface area contributed by atoms with Gasteiger partial charge < -0.3 is 16.6 Å². The number of phenols is 1. The zero-order chi connectivity index (χ0) is 11.4. The number of allylic oxidation sites excluding steroid dienone is 1. The van der Waals surface area contributed by atoms with Crippen molar-refractivity contribution < 1.29 is 5.11 Å². The molecule has 0 spiro atoms. The van der Waals surface area contributed by atoms with Crippen molar-refractivity contribution in [1.29, 1.82) is 0 Å². The highest BCUT2D eigenvalue weighted by Crippen LogP contribution is 2.36. The van der Waals surface area contributed by atoms with E-state index in [0.29, 0.717) is 11.3 Å². The zero-order valence-corrected chi connectivity index (χ0v) is 10.00. The minimum absolute atomic E-state index is 0.0703. The molecule has 0 saturated heterocycles. The molecule has 5 N–H and O–H groups in total. The summed E-state index contributed by atoms with van der Waals surface area (Å²) in [6, 6.07) is 3.20. The molecule has 4 heteroatoms. The van der Waals surface area contributed by atoms with Crippen molar-refractivity contribution in [3.63, 3.8) is 0 Å². The summed E-state index contributed by atoms with van der Waals surface area (Å²) in [6.45, 7) is 3.63. The Labute approximate surface area is 97.9 Å². The summed E-state index contributed by atoms with van der Waals surface area (Å²) < 4.78 is 0.783. The Hall–Kier alpha value is -1.00. The Morgan fingerprint density at radius 1 is 1.53 bits per heavy atom. The monoisotopic (exact) mass is 270 g/mol. The molecule has 0 unspecified atom stereocenters. The maximum Gasteiger partial charge on any atom is 0.144 e. The largest absolute Gasteiger partial charge is 0.505 e. The molecule has 0 heterocycles. The van der Waals surface area contributed by atoms with Gasteiger partial charge in [-0.2, -0.15) is 0 Å². The van der Waals surface area contributed by atoms with Gasteiger partial charge in [-0.05, 0) is 25.0 Å². The molecule has 0 radical (unpaired) electrons. The lowest BCUT2D eigenvalue weighted by molar-refractivity contribution is 0.460. The third-order valence-electron chi connectivity index (χ3n) is 2.25. The lowest BCUT2D eigenvalue weighted by Crippen LogP contribution is -2.11. The third kappa shape index (κ3) is 2.73. The first-order valence-electron chi connectivity index (χ1n) is 4.71. The summed E-state index contributed by atoms with van der Waals surface area (Å²) in [5.41, 5.74) is 12.6. The van der Waals surface area contributed by atoms with Gasteiger partial charge in [0.1, 0.15) is 5.75 Å². The standard InChI is InChI=1S/C11H15BrN2O/c1-2-3-4-8(13)10-7(12)5-6-9(14)11(10)15/h2,5-6,8,15H,1,3-4,13-14H2/t8-/m1/s1. The van der Waals surface area contributed by atoms with Gasteiger partial charge in [0.15, 0.2) is 0 Å². The summed E-state index contributed by atoms with van der Waals surface area (Å²) >= 11 is 3.35. The molecule has 15 heavy (non-hydrogen) atoms. The van der Waals surface area contributed by atoms with Gasteiger partial charge in [0.2, 0.25) is 0 Å². The van der Waals surface area contributed by atoms with Gasteiger partial charge in [-0.1, -0.05) is 22.0 Å². The highest BCUT2D eigenvalue weighted by Gasteiger charge is 2.15. The molecule has 1 rings (SSSR count). The fraction of sp³-hybridized carbons (Fsp3) is 0.273. The highest BCUT2D eigenvalue weighted by atomic mass is 79.9. The van der Waals surface area contributed by atoms with E-state index < -0.39 is 0 Å². The van der Waals surface area contributed by atoms with Gasteiger partial charge in [-0.25, -0.2) is 0 Å². The van der Waals surface area contributed by atoms with Crippen LogP contribution >= 0.6 is 15.9 Å². The van der Waals surface area contributed by atoms with E-state index in [1.807, 2.05) is 0 Å². The fourth-order valence-corrected chi connectivity index (χ4v) is 2.01. The Balaban J connectivity index is 3.01. The molecule has 1 aromatic carbocycles. The number of hydrogen-bond donors (Lipinski definition) is 3. The van der Waals surface area contributed by atoms with Crippen LogP contribution in [0, 0.1) is 0 Å². The summed E-state index contributed by atoms with van der Waals surface area (Å²) in [7, 11) is 0. The molecule has 0 aliphatic rings. The Bertz CT molecular complexity index is 366. The van der Waals surface area contributed by atoms with Crippen molar-refractivity contribution in [1.82, 2.24) is 0 Å². The molecule has 82 valence electrons. The van der Waals surface area contributed by atoms with Crippen LogP contribution in [-0.4, -0.2) is 5.11 Å². The van der Waals surface area contributed by atoms with Gasteiger partial charge in [0, 0.05) is 16.1 Å². The molecular weight excluding hydrogens is 256 g/mol. The lowest BCUT2D eigenvalue weighted by atomic mass is 10.0. The maximum absolute atomic E-state index is 9.79. The molecule has 0 aliphatic carbocycles. The predicted octanol–water partition coefficient (Wildman–Crippen LogP) is 2.70. The summed E-state index contributed by atoms with van der Waals surface area (Å²) in [4.78, 5) is 0.